The van der Waals surface area contributed by atoms with Gasteiger partial charge in [-0.15, -0.1) is 0 Å². The molecular formula is C11H9ClN4O3S. The van der Waals surface area contributed by atoms with Crippen molar-refractivity contribution < 1.29 is 14.7 Å². The molecule has 0 aliphatic rings. The average molecular weight is 313 g/mol. The Labute approximate surface area is 122 Å². The largest absolute Gasteiger partial charge is 0.478 e. The zero-order chi connectivity index (χ0) is 14.7. The first-order valence-electron chi connectivity index (χ1n) is 5.36. The SMILES string of the molecule is Cc1nsc(NC(=O)Nc2cc(Cl)cc(C(=O)O)c2)n1. The molecule has 3 N–H and O–H groups in total. The quantitative estimate of drug-likeness (QED) is 0.808. The number of carboxylic acid groups (broad SMARTS) is 1. The highest BCUT2D eigenvalue weighted by atomic mass is 35.5. The minimum absolute atomic E-state index is 0.0143. The zero-order valence-corrected chi connectivity index (χ0v) is 11.7. The predicted octanol–water partition coefficient (Wildman–Crippen LogP) is 2.84. The Balaban J connectivity index is 2.09. The monoisotopic (exact) mass is 312 g/mol. The van der Waals surface area contributed by atoms with Gasteiger partial charge in [0.05, 0.1) is 5.56 Å². The molecule has 0 spiro atoms. The van der Waals surface area contributed by atoms with Crippen LogP contribution in [0, 0.1) is 6.92 Å². The lowest BCUT2D eigenvalue weighted by Crippen LogP contribution is -2.19. The molecule has 2 rings (SSSR count). The van der Waals surface area contributed by atoms with E-state index in [1.807, 2.05) is 0 Å². The summed E-state index contributed by atoms with van der Waals surface area (Å²) in [6.07, 6.45) is 0. The number of anilines is 2. The lowest BCUT2D eigenvalue weighted by Gasteiger charge is -2.06. The van der Waals surface area contributed by atoms with Crippen molar-refractivity contribution in [2.45, 2.75) is 6.92 Å². The zero-order valence-electron chi connectivity index (χ0n) is 10.2. The Hall–Kier alpha value is -2.19. The van der Waals surface area contributed by atoms with E-state index >= 15 is 0 Å². The molecule has 0 saturated carbocycles. The van der Waals surface area contributed by atoms with Gasteiger partial charge in [0.2, 0.25) is 5.13 Å². The van der Waals surface area contributed by atoms with Gasteiger partial charge in [-0.05, 0) is 25.1 Å². The van der Waals surface area contributed by atoms with Crippen molar-refractivity contribution in [2.75, 3.05) is 10.6 Å². The highest BCUT2D eigenvalue weighted by Crippen LogP contribution is 2.19. The molecular weight excluding hydrogens is 304 g/mol. The van der Waals surface area contributed by atoms with Crippen LogP contribution in [0.5, 0.6) is 0 Å². The lowest BCUT2D eigenvalue weighted by atomic mass is 10.2. The normalized spacial score (nSPS) is 10.1. The van der Waals surface area contributed by atoms with E-state index in [2.05, 4.69) is 20.0 Å². The van der Waals surface area contributed by atoms with E-state index in [-0.39, 0.29) is 16.3 Å². The second-order valence-electron chi connectivity index (χ2n) is 3.76. The van der Waals surface area contributed by atoms with E-state index in [4.69, 9.17) is 16.7 Å². The topological polar surface area (TPSA) is 104 Å². The summed E-state index contributed by atoms with van der Waals surface area (Å²) >= 11 is 6.83. The van der Waals surface area contributed by atoms with Crippen molar-refractivity contribution in [1.29, 1.82) is 0 Å². The molecule has 0 radical (unpaired) electrons. The molecule has 1 heterocycles. The Morgan fingerprint density at radius 3 is 2.65 bits per heavy atom. The number of aromatic nitrogens is 2. The van der Waals surface area contributed by atoms with Crippen molar-refractivity contribution in [2.24, 2.45) is 0 Å². The maximum Gasteiger partial charge on any atom is 0.335 e. The minimum atomic E-state index is -1.13. The third-order valence-electron chi connectivity index (χ3n) is 2.15. The smallest absolute Gasteiger partial charge is 0.335 e. The highest BCUT2D eigenvalue weighted by Gasteiger charge is 2.10. The van der Waals surface area contributed by atoms with Gasteiger partial charge in [0.1, 0.15) is 5.82 Å². The Morgan fingerprint density at radius 2 is 2.05 bits per heavy atom. The number of aromatic carboxylic acids is 1. The van der Waals surface area contributed by atoms with E-state index in [1.54, 1.807) is 6.92 Å². The maximum atomic E-state index is 11.7. The van der Waals surface area contributed by atoms with E-state index in [1.165, 1.54) is 18.2 Å². The summed E-state index contributed by atoms with van der Waals surface area (Å²) in [5.41, 5.74) is 0.258. The molecule has 2 amide bonds. The summed E-state index contributed by atoms with van der Waals surface area (Å²) < 4.78 is 3.92. The van der Waals surface area contributed by atoms with Crippen molar-refractivity contribution in [1.82, 2.24) is 9.36 Å². The predicted molar refractivity (Wildman–Crippen MR) is 75.7 cm³/mol. The molecule has 9 heteroatoms. The van der Waals surface area contributed by atoms with E-state index in [9.17, 15) is 9.59 Å². The van der Waals surface area contributed by atoms with Crippen LogP contribution in [-0.2, 0) is 0 Å². The number of carboxylic acids is 1. The third-order valence-corrected chi connectivity index (χ3v) is 3.09. The molecule has 1 aromatic heterocycles. The highest BCUT2D eigenvalue weighted by molar-refractivity contribution is 7.09. The van der Waals surface area contributed by atoms with Gasteiger partial charge in [0.15, 0.2) is 0 Å². The van der Waals surface area contributed by atoms with Crippen molar-refractivity contribution in [3.63, 3.8) is 0 Å². The molecule has 0 aliphatic heterocycles. The number of carbonyl (C=O) groups excluding carboxylic acids is 1. The fourth-order valence-electron chi connectivity index (χ4n) is 1.39. The molecule has 7 nitrogen and oxygen atoms in total. The van der Waals surface area contributed by atoms with Crippen molar-refractivity contribution in [3.05, 3.63) is 34.6 Å². The molecule has 0 unspecified atom stereocenters. The molecule has 1 aromatic carbocycles. The number of hydrogen-bond donors (Lipinski definition) is 3. The third kappa shape index (κ3) is 3.65. The first-order chi connectivity index (χ1) is 9.44. The number of carbonyl (C=O) groups is 2. The van der Waals surface area contributed by atoms with E-state index in [0.717, 1.165) is 11.5 Å². The molecule has 0 saturated heterocycles. The summed E-state index contributed by atoms with van der Waals surface area (Å²) in [5.74, 6) is -0.572. The standard InChI is InChI=1S/C11H9ClN4O3S/c1-5-13-11(20-16-5)15-10(19)14-8-3-6(9(17)18)2-7(12)4-8/h2-4H,1H3,(H,17,18)(H2,13,14,15,16,19). The van der Waals surface area contributed by atoms with Crippen LogP contribution in [0.4, 0.5) is 15.6 Å². The number of nitrogens with zero attached hydrogens (tertiary/aromatic N) is 2. The number of urea groups is 1. The number of hydrogen-bond acceptors (Lipinski definition) is 5. The van der Waals surface area contributed by atoms with E-state index < -0.39 is 12.0 Å². The van der Waals surface area contributed by atoms with Gasteiger partial charge in [-0.3, -0.25) is 5.32 Å². The fourth-order valence-corrected chi connectivity index (χ4v) is 2.20. The number of rotatable bonds is 3. The van der Waals surface area contributed by atoms with Crippen LogP contribution in [0.3, 0.4) is 0 Å². The molecule has 0 atom stereocenters. The number of benzene rings is 1. The summed E-state index contributed by atoms with van der Waals surface area (Å²) in [6, 6.07) is 3.49. The molecule has 2 aromatic rings. The number of nitrogens with one attached hydrogen (secondary N) is 2. The molecule has 104 valence electrons. The molecule has 0 aliphatic carbocycles. The summed E-state index contributed by atoms with van der Waals surface area (Å²) in [7, 11) is 0. The summed E-state index contributed by atoms with van der Waals surface area (Å²) in [4.78, 5) is 26.6. The van der Waals surface area contributed by atoms with Gasteiger partial charge in [0.25, 0.3) is 0 Å². The average Bonchev–Trinajstić information content (AvgIpc) is 2.73. The number of amides is 2. The van der Waals surface area contributed by atoms with Gasteiger partial charge in [-0.1, -0.05) is 11.6 Å². The van der Waals surface area contributed by atoms with Crippen molar-refractivity contribution >= 4 is 46.0 Å². The second kappa shape index (κ2) is 5.85. The molecule has 20 heavy (non-hydrogen) atoms. The van der Waals surface area contributed by atoms with Crippen LogP contribution in [0.25, 0.3) is 0 Å². The van der Waals surface area contributed by atoms with Crippen LogP contribution < -0.4 is 10.6 Å². The van der Waals surface area contributed by atoms with Gasteiger partial charge in [-0.25, -0.2) is 14.6 Å². The van der Waals surface area contributed by atoms with Crippen molar-refractivity contribution in [3.8, 4) is 0 Å². The number of aryl methyl sites for hydroxylation is 1. The Bertz CT molecular complexity index is 673. The Morgan fingerprint density at radius 1 is 1.30 bits per heavy atom. The van der Waals surface area contributed by atoms with Gasteiger partial charge < -0.3 is 10.4 Å². The first kappa shape index (κ1) is 14.2. The van der Waals surface area contributed by atoms with Gasteiger partial charge >= 0.3 is 12.0 Å². The van der Waals surface area contributed by atoms with Crippen LogP contribution in [0.1, 0.15) is 16.2 Å². The summed E-state index contributed by atoms with van der Waals surface area (Å²) in [6.45, 7) is 1.70. The van der Waals surface area contributed by atoms with Crippen LogP contribution >= 0.6 is 23.1 Å². The van der Waals surface area contributed by atoms with E-state index in [0.29, 0.717) is 11.0 Å². The molecule has 0 fully saturated rings. The Kier molecular flexibility index (Phi) is 4.16. The second-order valence-corrected chi connectivity index (χ2v) is 4.95. The maximum absolute atomic E-state index is 11.7. The first-order valence-corrected chi connectivity index (χ1v) is 6.51. The fraction of sp³-hybridized carbons (Fsp3) is 0.0909. The van der Waals surface area contributed by atoms with Crippen LogP contribution in [-0.4, -0.2) is 26.5 Å². The summed E-state index contributed by atoms with van der Waals surface area (Å²) in [5, 5.41) is 14.4. The minimum Gasteiger partial charge on any atom is -0.478 e. The molecule has 0 bridgehead atoms. The van der Waals surface area contributed by atoms with Crippen LogP contribution in [0.15, 0.2) is 18.2 Å². The van der Waals surface area contributed by atoms with Crippen LogP contribution in [0.2, 0.25) is 5.02 Å². The lowest BCUT2D eigenvalue weighted by molar-refractivity contribution is 0.0697. The van der Waals surface area contributed by atoms with Gasteiger partial charge in [0, 0.05) is 22.2 Å². The van der Waals surface area contributed by atoms with Gasteiger partial charge in [-0.2, -0.15) is 4.37 Å². The number of halogens is 1.